The molecule has 0 bridgehead atoms. The van der Waals surface area contributed by atoms with Gasteiger partial charge >= 0.3 is 0 Å². The first-order valence-corrected chi connectivity index (χ1v) is 10.1. The van der Waals surface area contributed by atoms with Crippen LogP contribution in [0.15, 0.2) is 75.3 Å². The Morgan fingerprint density at radius 1 is 1.06 bits per heavy atom. The molecule has 1 atom stereocenters. The van der Waals surface area contributed by atoms with Crippen molar-refractivity contribution in [2.45, 2.75) is 6.04 Å². The lowest BCUT2D eigenvalue weighted by atomic mass is 9.99. The zero-order valence-electron chi connectivity index (χ0n) is 16.7. The van der Waals surface area contributed by atoms with E-state index in [1.807, 2.05) is 0 Å². The fourth-order valence-corrected chi connectivity index (χ4v) is 4.07. The summed E-state index contributed by atoms with van der Waals surface area (Å²) in [5.74, 6) is -0.346. The summed E-state index contributed by atoms with van der Waals surface area (Å²) in [5, 5.41) is 11.1. The van der Waals surface area contributed by atoms with Crippen molar-refractivity contribution in [3.05, 3.63) is 82.2 Å². The molecule has 7 nitrogen and oxygen atoms in total. The van der Waals surface area contributed by atoms with E-state index in [4.69, 9.17) is 13.9 Å². The summed E-state index contributed by atoms with van der Waals surface area (Å²) in [4.78, 5) is 27.3. The van der Waals surface area contributed by atoms with Gasteiger partial charge in [-0.15, -0.1) is 0 Å². The van der Waals surface area contributed by atoms with E-state index in [2.05, 4.69) is 15.9 Å². The monoisotopic (exact) mass is 483 g/mol. The van der Waals surface area contributed by atoms with Crippen LogP contribution in [0.3, 0.4) is 0 Å². The van der Waals surface area contributed by atoms with Gasteiger partial charge in [0.25, 0.3) is 11.7 Å². The maximum Gasteiger partial charge on any atom is 0.300 e. The third-order valence-electron chi connectivity index (χ3n) is 5.03. The van der Waals surface area contributed by atoms with Gasteiger partial charge in [-0.2, -0.15) is 0 Å². The lowest BCUT2D eigenvalue weighted by Gasteiger charge is -2.23. The minimum Gasteiger partial charge on any atom is -0.507 e. The molecule has 1 unspecified atom stereocenters. The number of halogens is 1. The SMILES string of the molecule is COc1ccc(N2C(=O)C(=O)/C(=C(\O)c3ccc(OC)c(Br)c3)C2c2ccco2)cc1. The topological polar surface area (TPSA) is 89.2 Å². The van der Waals surface area contributed by atoms with Crippen LogP contribution in [0.5, 0.6) is 11.5 Å². The van der Waals surface area contributed by atoms with Crippen molar-refractivity contribution in [3.63, 3.8) is 0 Å². The van der Waals surface area contributed by atoms with E-state index >= 15 is 0 Å². The first kappa shape index (κ1) is 20.7. The first-order valence-electron chi connectivity index (χ1n) is 9.28. The molecule has 1 aliphatic heterocycles. The van der Waals surface area contributed by atoms with E-state index in [0.29, 0.717) is 33.0 Å². The molecule has 1 fully saturated rings. The number of aliphatic hydroxyl groups is 1. The molecule has 31 heavy (non-hydrogen) atoms. The highest BCUT2D eigenvalue weighted by Gasteiger charge is 2.48. The van der Waals surface area contributed by atoms with Crippen molar-refractivity contribution in [1.82, 2.24) is 0 Å². The number of rotatable bonds is 5. The van der Waals surface area contributed by atoms with Crippen LogP contribution in [0.1, 0.15) is 17.4 Å². The maximum absolute atomic E-state index is 13.0. The number of aliphatic hydroxyl groups excluding tert-OH is 1. The van der Waals surface area contributed by atoms with E-state index in [1.54, 1.807) is 54.6 Å². The Morgan fingerprint density at radius 2 is 1.81 bits per heavy atom. The number of ketones is 1. The summed E-state index contributed by atoms with van der Waals surface area (Å²) in [6.07, 6.45) is 1.45. The normalized spacial score (nSPS) is 17.8. The second-order valence-corrected chi connectivity index (χ2v) is 7.59. The maximum atomic E-state index is 13.0. The quantitative estimate of drug-likeness (QED) is 0.321. The Labute approximate surface area is 186 Å². The van der Waals surface area contributed by atoms with Crippen molar-refractivity contribution in [2.75, 3.05) is 19.1 Å². The Bertz CT molecular complexity index is 1170. The van der Waals surface area contributed by atoms with Gasteiger partial charge in [0, 0.05) is 11.3 Å². The summed E-state index contributed by atoms with van der Waals surface area (Å²) in [6.45, 7) is 0. The summed E-state index contributed by atoms with van der Waals surface area (Å²) >= 11 is 3.38. The van der Waals surface area contributed by atoms with Crippen LogP contribution in [0.4, 0.5) is 5.69 Å². The molecule has 1 amide bonds. The smallest absolute Gasteiger partial charge is 0.300 e. The number of amides is 1. The third kappa shape index (κ3) is 3.59. The number of nitrogens with zero attached hydrogens (tertiary/aromatic N) is 1. The molecule has 1 saturated heterocycles. The van der Waals surface area contributed by atoms with Crippen LogP contribution in [0, 0.1) is 0 Å². The van der Waals surface area contributed by atoms with Gasteiger partial charge in [-0.1, -0.05) is 0 Å². The van der Waals surface area contributed by atoms with Crippen LogP contribution >= 0.6 is 15.9 Å². The van der Waals surface area contributed by atoms with Gasteiger partial charge in [-0.25, -0.2) is 0 Å². The minimum absolute atomic E-state index is 0.0622. The minimum atomic E-state index is -0.927. The second kappa shape index (κ2) is 8.31. The molecular weight excluding hydrogens is 466 g/mol. The highest BCUT2D eigenvalue weighted by atomic mass is 79.9. The molecule has 0 spiro atoms. The molecule has 1 aliphatic rings. The zero-order valence-corrected chi connectivity index (χ0v) is 18.3. The molecule has 2 heterocycles. The predicted octanol–water partition coefficient (Wildman–Crippen LogP) is 4.69. The number of carbonyl (C=O) groups excluding carboxylic acids is 2. The fraction of sp³-hybridized carbons (Fsp3) is 0.130. The van der Waals surface area contributed by atoms with Crippen LogP contribution in [0.25, 0.3) is 5.76 Å². The Hall–Kier alpha value is -3.52. The van der Waals surface area contributed by atoms with Crippen LogP contribution in [0.2, 0.25) is 0 Å². The number of anilines is 1. The van der Waals surface area contributed by atoms with Gasteiger partial charge in [0.2, 0.25) is 0 Å². The summed E-state index contributed by atoms with van der Waals surface area (Å²) in [6, 6.07) is 14.0. The van der Waals surface area contributed by atoms with Crippen molar-refractivity contribution in [1.29, 1.82) is 0 Å². The number of benzene rings is 2. The van der Waals surface area contributed by atoms with Crippen LogP contribution in [-0.2, 0) is 9.59 Å². The highest BCUT2D eigenvalue weighted by molar-refractivity contribution is 9.10. The van der Waals surface area contributed by atoms with Gasteiger partial charge in [0.1, 0.15) is 29.1 Å². The number of Topliss-reactive ketones (excluding diaryl/α,β-unsaturated/α-hetero) is 1. The van der Waals surface area contributed by atoms with Crippen molar-refractivity contribution in [3.8, 4) is 11.5 Å². The number of methoxy groups -OCH3 is 2. The van der Waals surface area contributed by atoms with Gasteiger partial charge in [-0.05, 0) is 70.5 Å². The van der Waals surface area contributed by atoms with Gasteiger partial charge in [0.15, 0.2) is 0 Å². The first-order chi connectivity index (χ1) is 15.0. The largest absolute Gasteiger partial charge is 0.507 e. The molecule has 0 radical (unpaired) electrons. The second-order valence-electron chi connectivity index (χ2n) is 6.73. The Kier molecular flexibility index (Phi) is 5.56. The highest BCUT2D eigenvalue weighted by Crippen LogP contribution is 2.43. The molecular formula is C23H18BrNO6. The number of carbonyl (C=O) groups is 2. The average molecular weight is 484 g/mol. The van der Waals surface area contributed by atoms with E-state index in [0.717, 1.165) is 0 Å². The molecule has 8 heteroatoms. The standard InChI is InChI=1S/C23H18BrNO6/c1-29-15-8-6-14(7-9-15)25-20(18-4-3-11-31-18)19(22(27)23(25)28)21(26)13-5-10-17(30-2)16(24)12-13/h3-12,20,26H,1-2H3/b21-19-. The van der Waals surface area contributed by atoms with Gasteiger partial charge in [-0.3, -0.25) is 14.5 Å². The molecule has 4 rings (SSSR count). The number of hydrogen-bond donors (Lipinski definition) is 1. The Morgan fingerprint density at radius 3 is 2.39 bits per heavy atom. The van der Waals surface area contributed by atoms with Gasteiger partial charge in [0.05, 0.1) is 30.5 Å². The van der Waals surface area contributed by atoms with Crippen molar-refractivity contribution >= 4 is 39.1 Å². The van der Waals surface area contributed by atoms with Crippen LogP contribution in [-0.4, -0.2) is 31.0 Å². The summed E-state index contributed by atoms with van der Waals surface area (Å²) < 4.78 is 16.5. The summed E-state index contributed by atoms with van der Waals surface area (Å²) in [5.41, 5.74) is 0.768. The van der Waals surface area contributed by atoms with Crippen LogP contribution < -0.4 is 14.4 Å². The summed E-state index contributed by atoms with van der Waals surface area (Å²) in [7, 11) is 3.06. The molecule has 1 N–H and O–H groups in total. The Balaban J connectivity index is 1.88. The van der Waals surface area contributed by atoms with E-state index in [9.17, 15) is 14.7 Å². The average Bonchev–Trinajstić information content (AvgIpc) is 3.40. The predicted molar refractivity (Wildman–Crippen MR) is 117 cm³/mol. The lowest BCUT2D eigenvalue weighted by Crippen LogP contribution is -2.29. The van der Waals surface area contributed by atoms with Crippen molar-refractivity contribution in [2.24, 2.45) is 0 Å². The lowest BCUT2D eigenvalue weighted by molar-refractivity contribution is -0.132. The zero-order chi connectivity index (χ0) is 22.1. The number of hydrogen-bond acceptors (Lipinski definition) is 6. The number of furan rings is 1. The number of ether oxygens (including phenoxy) is 2. The molecule has 0 aliphatic carbocycles. The van der Waals surface area contributed by atoms with E-state index < -0.39 is 17.7 Å². The third-order valence-corrected chi connectivity index (χ3v) is 5.65. The molecule has 3 aromatic rings. The van der Waals surface area contributed by atoms with Crippen molar-refractivity contribution < 1.29 is 28.6 Å². The van der Waals surface area contributed by atoms with Gasteiger partial charge < -0.3 is 19.0 Å². The molecule has 2 aromatic carbocycles. The molecule has 1 aromatic heterocycles. The fourth-order valence-electron chi connectivity index (χ4n) is 3.53. The van der Waals surface area contributed by atoms with E-state index in [1.165, 1.54) is 25.4 Å². The van der Waals surface area contributed by atoms with E-state index in [-0.39, 0.29) is 11.3 Å². The molecule has 0 saturated carbocycles. The molecule has 158 valence electrons.